The Labute approximate surface area is 224 Å². The summed E-state index contributed by atoms with van der Waals surface area (Å²) < 4.78 is 42.8. The summed E-state index contributed by atoms with van der Waals surface area (Å²) in [6, 6.07) is 12.1. The second-order valence-electron chi connectivity index (χ2n) is 10.5. The second kappa shape index (κ2) is 11.1. The highest BCUT2D eigenvalue weighted by Gasteiger charge is 2.45. The molecule has 2 atom stereocenters. The van der Waals surface area contributed by atoms with Gasteiger partial charge in [-0.05, 0) is 55.5 Å². The van der Waals surface area contributed by atoms with Gasteiger partial charge in [-0.3, -0.25) is 14.5 Å². The van der Waals surface area contributed by atoms with Crippen LogP contribution in [0.5, 0.6) is 0 Å². The first kappa shape index (κ1) is 26.8. The van der Waals surface area contributed by atoms with Gasteiger partial charge < -0.3 is 5.32 Å². The SMILES string of the molecule is Cc1ccccc1C(C(=O)NC1CCCCC1)N(C(=O)C1CCN(S(=O)(=O)N2CC2)C1)c1cccc(F)c1. The van der Waals surface area contributed by atoms with Crippen molar-refractivity contribution in [2.45, 2.75) is 57.5 Å². The number of nitrogens with one attached hydrogen (secondary N) is 1. The molecule has 2 aromatic carbocycles. The van der Waals surface area contributed by atoms with Gasteiger partial charge in [-0.2, -0.15) is 17.0 Å². The summed E-state index contributed by atoms with van der Waals surface area (Å²) in [5, 5.41) is 3.17. The number of aryl methyl sites for hydroxylation is 1. The van der Waals surface area contributed by atoms with Crippen LogP contribution in [-0.4, -0.2) is 61.1 Å². The van der Waals surface area contributed by atoms with Crippen molar-refractivity contribution in [3.8, 4) is 0 Å². The highest BCUT2D eigenvalue weighted by atomic mass is 32.2. The maximum absolute atomic E-state index is 14.5. The zero-order valence-corrected chi connectivity index (χ0v) is 22.5. The molecule has 1 saturated carbocycles. The van der Waals surface area contributed by atoms with Crippen LogP contribution in [0.3, 0.4) is 0 Å². The Morgan fingerprint density at radius 3 is 2.39 bits per heavy atom. The Hall–Kier alpha value is -2.82. The summed E-state index contributed by atoms with van der Waals surface area (Å²) in [5.74, 6) is -1.86. The highest BCUT2D eigenvalue weighted by Crippen LogP contribution is 2.35. The van der Waals surface area contributed by atoms with Crippen LogP contribution in [0.25, 0.3) is 0 Å². The van der Waals surface area contributed by atoms with Crippen molar-refractivity contribution in [3.05, 3.63) is 65.5 Å². The molecule has 0 radical (unpaired) electrons. The third-order valence-electron chi connectivity index (χ3n) is 7.82. The van der Waals surface area contributed by atoms with E-state index in [1.165, 1.54) is 31.7 Å². The average molecular weight is 543 g/mol. The summed E-state index contributed by atoms with van der Waals surface area (Å²) in [6.07, 6.45) is 5.31. The van der Waals surface area contributed by atoms with Crippen molar-refractivity contribution < 1.29 is 22.4 Å². The zero-order chi connectivity index (χ0) is 26.9. The van der Waals surface area contributed by atoms with Gasteiger partial charge in [0.2, 0.25) is 11.8 Å². The number of halogens is 1. The molecule has 8 nitrogen and oxygen atoms in total. The van der Waals surface area contributed by atoms with Gasteiger partial charge >= 0.3 is 0 Å². The number of rotatable bonds is 8. The molecule has 2 aromatic rings. The van der Waals surface area contributed by atoms with E-state index in [-0.39, 0.29) is 36.6 Å². The number of anilines is 1. The summed E-state index contributed by atoms with van der Waals surface area (Å²) in [7, 11) is -3.59. The lowest BCUT2D eigenvalue weighted by Gasteiger charge is -2.35. The van der Waals surface area contributed by atoms with E-state index in [9.17, 15) is 22.4 Å². The van der Waals surface area contributed by atoms with Crippen LogP contribution in [0.1, 0.15) is 55.7 Å². The maximum atomic E-state index is 14.5. The van der Waals surface area contributed by atoms with Crippen molar-refractivity contribution in [2.24, 2.45) is 5.92 Å². The molecule has 2 aliphatic heterocycles. The predicted octanol–water partition coefficient (Wildman–Crippen LogP) is 3.54. The van der Waals surface area contributed by atoms with Crippen LogP contribution in [0.2, 0.25) is 0 Å². The molecule has 10 heteroatoms. The number of amides is 2. The Morgan fingerprint density at radius 2 is 1.71 bits per heavy atom. The van der Waals surface area contributed by atoms with Gasteiger partial charge in [0.25, 0.3) is 10.2 Å². The van der Waals surface area contributed by atoms with E-state index in [0.29, 0.717) is 25.1 Å². The highest BCUT2D eigenvalue weighted by molar-refractivity contribution is 7.87. The molecule has 3 fully saturated rings. The lowest BCUT2D eigenvalue weighted by Crippen LogP contribution is -2.49. The summed E-state index contributed by atoms with van der Waals surface area (Å²) >= 11 is 0. The van der Waals surface area contributed by atoms with Crippen LogP contribution in [0.15, 0.2) is 48.5 Å². The molecule has 2 amide bonds. The quantitative estimate of drug-likeness (QED) is 0.517. The molecule has 2 saturated heterocycles. The fraction of sp³-hybridized carbons (Fsp3) is 0.500. The minimum atomic E-state index is -3.59. The molecule has 1 aliphatic carbocycles. The number of benzene rings is 2. The second-order valence-corrected chi connectivity index (χ2v) is 12.5. The van der Waals surface area contributed by atoms with Crippen LogP contribution in [0.4, 0.5) is 10.1 Å². The number of hydrogen-bond acceptors (Lipinski definition) is 4. The Bertz CT molecular complexity index is 1290. The largest absolute Gasteiger partial charge is 0.351 e. The number of hydrogen-bond donors (Lipinski definition) is 1. The molecule has 2 heterocycles. The molecule has 0 bridgehead atoms. The van der Waals surface area contributed by atoms with E-state index in [4.69, 9.17) is 0 Å². The van der Waals surface area contributed by atoms with Crippen molar-refractivity contribution in [3.63, 3.8) is 0 Å². The Balaban J connectivity index is 1.52. The summed E-state index contributed by atoms with van der Waals surface area (Å²) in [6.45, 7) is 3.13. The van der Waals surface area contributed by atoms with Crippen LogP contribution < -0.4 is 10.2 Å². The van der Waals surface area contributed by atoms with Gasteiger partial charge in [-0.1, -0.05) is 49.6 Å². The number of nitrogens with zero attached hydrogens (tertiary/aromatic N) is 3. The molecular weight excluding hydrogens is 507 g/mol. The molecule has 1 N–H and O–H groups in total. The fourth-order valence-electron chi connectivity index (χ4n) is 5.62. The lowest BCUT2D eigenvalue weighted by atomic mass is 9.93. The van der Waals surface area contributed by atoms with E-state index < -0.39 is 28.0 Å². The zero-order valence-electron chi connectivity index (χ0n) is 21.7. The van der Waals surface area contributed by atoms with Crippen LogP contribution >= 0.6 is 0 Å². The Kier molecular flexibility index (Phi) is 7.83. The van der Waals surface area contributed by atoms with Crippen molar-refractivity contribution in [1.82, 2.24) is 13.9 Å². The van der Waals surface area contributed by atoms with Crippen molar-refractivity contribution in [2.75, 3.05) is 31.1 Å². The lowest BCUT2D eigenvalue weighted by molar-refractivity contribution is -0.128. The first-order chi connectivity index (χ1) is 18.3. The number of carbonyl (C=O) groups excluding carboxylic acids is 2. The first-order valence-electron chi connectivity index (χ1n) is 13.5. The van der Waals surface area contributed by atoms with E-state index in [1.54, 1.807) is 6.07 Å². The van der Waals surface area contributed by atoms with Gasteiger partial charge in [0.15, 0.2) is 0 Å². The normalized spacial score (nSPS) is 21.7. The fourth-order valence-corrected chi connectivity index (χ4v) is 7.19. The summed E-state index contributed by atoms with van der Waals surface area (Å²) in [5.41, 5.74) is 1.77. The number of carbonyl (C=O) groups is 2. The molecular formula is C28H35FN4O4S. The minimum absolute atomic E-state index is 0.0203. The topological polar surface area (TPSA) is 89.8 Å². The van der Waals surface area contributed by atoms with Gasteiger partial charge in [-0.25, -0.2) is 4.39 Å². The molecule has 0 spiro atoms. The molecule has 0 aromatic heterocycles. The van der Waals surface area contributed by atoms with Gasteiger partial charge in [-0.15, -0.1) is 0 Å². The monoisotopic (exact) mass is 542 g/mol. The Morgan fingerprint density at radius 1 is 0.974 bits per heavy atom. The van der Waals surface area contributed by atoms with Crippen LogP contribution in [0, 0.1) is 18.7 Å². The van der Waals surface area contributed by atoms with Gasteiger partial charge in [0.05, 0.1) is 5.92 Å². The molecule has 3 aliphatic rings. The van der Waals surface area contributed by atoms with Crippen molar-refractivity contribution in [1.29, 1.82) is 0 Å². The van der Waals surface area contributed by atoms with E-state index in [2.05, 4.69) is 5.32 Å². The van der Waals surface area contributed by atoms with E-state index in [0.717, 1.165) is 37.7 Å². The standard InChI is InChI=1S/C28H35FN4O4S/c1-20-8-5-6-13-25(20)26(27(34)30-23-10-3-2-4-11-23)33(24-12-7-9-22(29)18-24)28(35)21-14-15-32(19-21)38(36,37)31-16-17-31/h5-9,12-13,18,21,23,26H,2-4,10-11,14-17,19H2,1H3,(H,30,34). The molecule has 38 heavy (non-hydrogen) atoms. The minimum Gasteiger partial charge on any atom is -0.351 e. The third kappa shape index (κ3) is 5.62. The maximum Gasteiger partial charge on any atom is 0.282 e. The predicted molar refractivity (Wildman–Crippen MR) is 143 cm³/mol. The smallest absolute Gasteiger partial charge is 0.282 e. The summed E-state index contributed by atoms with van der Waals surface area (Å²) in [4.78, 5) is 29.6. The molecule has 2 unspecified atom stereocenters. The van der Waals surface area contributed by atoms with E-state index >= 15 is 0 Å². The van der Waals surface area contributed by atoms with E-state index in [1.807, 2.05) is 31.2 Å². The average Bonchev–Trinajstić information content (AvgIpc) is 3.65. The molecule has 5 rings (SSSR count). The van der Waals surface area contributed by atoms with Crippen molar-refractivity contribution >= 4 is 27.7 Å². The van der Waals surface area contributed by atoms with Gasteiger partial charge in [0, 0.05) is 37.9 Å². The van der Waals surface area contributed by atoms with Crippen LogP contribution in [-0.2, 0) is 19.8 Å². The first-order valence-corrected chi connectivity index (χ1v) is 14.8. The third-order valence-corrected chi connectivity index (χ3v) is 9.83. The van der Waals surface area contributed by atoms with Gasteiger partial charge in [0.1, 0.15) is 11.9 Å². The molecule has 204 valence electrons.